The molecular formula is C62H99N3O19. The molecule has 2 aromatic rings. The molecule has 476 valence electrons. The highest BCUT2D eigenvalue weighted by Gasteiger charge is 2.55. The summed E-state index contributed by atoms with van der Waals surface area (Å²) in [6.07, 6.45) is -7.02. The van der Waals surface area contributed by atoms with Crippen molar-refractivity contribution in [1.82, 2.24) is 14.8 Å². The van der Waals surface area contributed by atoms with Gasteiger partial charge in [0.05, 0.1) is 59.4 Å². The Morgan fingerprint density at radius 3 is 2.13 bits per heavy atom. The van der Waals surface area contributed by atoms with Crippen LogP contribution in [0.15, 0.2) is 29.2 Å². The first-order valence-electron chi connectivity index (χ1n) is 29.8. The molecule has 18 atom stereocenters. The standard InChI is InChI=1S/C62H99N3O19/c1-19-45-62(14,74)52(70)36(5)48(67)34(3)30-60(12,75-17)53(84-57-50(69)44(64(15)16)28-35(4)79-57)37(6)51(38(7)55(71)81-45)83-47-31-61(13,76-18)54(39(8)80-47)82-46(66)25-27-63-26-21-22-40-23-24-43-41(29-40)49(68)42(32-65(43)20-2)56(72)77-33-78-58(73)59(9,10)11/h23-24,29,32,34-39,44-45,47,50-54,57,63,69-70,74H,19-22,25-28,30-31,33H2,1-18H3/t34-,35+,36-,37+,38+,39-,44-,45-,47+,50-,51+,52+,53-,54+,57-,60+,61-,62+/m0/s1. The van der Waals surface area contributed by atoms with Gasteiger partial charge in [0.1, 0.15) is 34.8 Å². The summed E-state index contributed by atoms with van der Waals surface area (Å²) in [7, 11) is 6.71. The summed E-state index contributed by atoms with van der Waals surface area (Å²) >= 11 is 0. The average Bonchev–Trinajstić information content (AvgIpc) is 1.38. The summed E-state index contributed by atoms with van der Waals surface area (Å²) in [4.78, 5) is 83.1. The van der Waals surface area contributed by atoms with Gasteiger partial charge in [-0.1, -0.05) is 33.8 Å². The number of carbonyl (C=O) groups is 5. The molecule has 22 heteroatoms. The lowest BCUT2D eigenvalue weighted by atomic mass is 9.74. The number of aliphatic hydroxyl groups excluding tert-OH is 2. The Balaban J connectivity index is 1.31. The van der Waals surface area contributed by atoms with E-state index < -0.39 is 137 Å². The molecule has 3 saturated heterocycles. The third-order valence-corrected chi connectivity index (χ3v) is 17.5. The molecule has 0 spiro atoms. The first kappa shape index (κ1) is 70.3. The van der Waals surface area contributed by atoms with E-state index in [2.05, 4.69) is 5.32 Å². The number of esters is 4. The predicted octanol–water partition coefficient (Wildman–Crippen LogP) is 5.64. The Bertz CT molecular complexity index is 2620. The largest absolute Gasteiger partial charge is 0.459 e. The molecule has 1 aromatic carbocycles. The van der Waals surface area contributed by atoms with E-state index in [9.17, 15) is 44.1 Å². The van der Waals surface area contributed by atoms with Crippen LogP contribution in [0.25, 0.3) is 10.9 Å². The van der Waals surface area contributed by atoms with Crippen LogP contribution in [0, 0.1) is 29.1 Å². The fourth-order valence-electron chi connectivity index (χ4n) is 12.2. The zero-order chi connectivity index (χ0) is 63.0. The highest BCUT2D eigenvalue weighted by atomic mass is 16.7. The number of benzene rings is 1. The number of likely N-dealkylation sites (N-methyl/N-ethyl adjacent to an activating group) is 1. The number of ether oxygens (including phenoxy) is 10. The number of aromatic nitrogens is 1. The van der Waals surface area contributed by atoms with Crippen LogP contribution in [0.3, 0.4) is 0 Å². The van der Waals surface area contributed by atoms with Gasteiger partial charge in [-0.25, -0.2) is 4.79 Å². The van der Waals surface area contributed by atoms with Crippen molar-refractivity contribution >= 4 is 40.6 Å². The minimum atomic E-state index is -2.04. The van der Waals surface area contributed by atoms with Crippen molar-refractivity contribution in [3.63, 3.8) is 0 Å². The van der Waals surface area contributed by atoms with Crippen molar-refractivity contribution in [2.75, 3.05) is 48.2 Å². The first-order valence-corrected chi connectivity index (χ1v) is 29.8. The van der Waals surface area contributed by atoms with Crippen LogP contribution >= 0.6 is 0 Å². The number of cyclic esters (lactones) is 1. The molecule has 5 rings (SSSR count). The molecule has 4 heterocycles. The maximum atomic E-state index is 14.6. The maximum Gasteiger partial charge on any atom is 0.346 e. The van der Waals surface area contributed by atoms with Gasteiger partial charge in [0.15, 0.2) is 18.7 Å². The topological polar surface area (TPSA) is 276 Å². The Kier molecular flexibility index (Phi) is 24.7. The van der Waals surface area contributed by atoms with Gasteiger partial charge in [0, 0.05) is 69.1 Å². The van der Waals surface area contributed by atoms with Gasteiger partial charge in [-0.15, -0.1) is 0 Å². The number of aryl methyl sites for hydroxylation is 2. The van der Waals surface area contributed by atoms with Gasteiger partial charge in [-0.2, -0.15) is 0 Å². The predicted molar refractivity (Wildman–Crippen MR) is 310 cm³/mol. The highest BCUT2D eigenvalue weighted by Crippen LogP contribution is 2.42. The molecule has 84 heavy (non-hydrogen) atoms. The number of aliphatic hydroxyl groups is 3. The normalized spacial score (nSPS) is 34.9. The van der Waals surface area contributed by atoms with Crippen LogP contribution in [-0.4, -0.2) is 187 Å². The molecule has 0 unspecified atom stereocenters. The van der Waals surface area contributed by atoms with E-state index in [1.807, 2.05) is 51.9 Å². The Hall–Kier alpha value is -4.46. The molecule has 0 amide bonds. The number of Topliss-reactive ketones (excluding diaryl/α,β-unsaturated/α-hetero) is 1. The molecule has 0 radical (unpaired) electrons. The lowest BCUT2D eigenvalue weighted by Gasteiger charge is -2.50. The second kappa shape index (κ2) is 29.5. The minimum Gasteiger partial charge on any atom is -0.459 e. The van der Waals surface area contributed by atoms with E-state index in [0.29, 0.717) is 49.8 Å². The van der Waals surface area contributed by atoms with Crippen molar-refractivity contribution in [3.8, 4) is 0 Å². The van der Waals surface area contributed by atoms with E-state index in [1.54, 1.807) is 72.9 Å². The second-order valence-corrected chi connectivity index (χ2v) is 25.4. The molecule has 3 fully saturated rings. The fourth-order valence-corrected chi connectivity index (χ4v) is 12.2. The third kappa shape index (κ3) is 16.6. The van der Waals surface area contributed by atoms with Crippen LogP contribution in [0.1, 0.15) is 151 Å². The number of fused-ring (bicyclic) bond motifs is 1. The fraction of sp³-hybridized carbons (Fsp3) is 0.774. The first-order chi connectivity index (χ1) is 39.2. The molecule has 1 aromatic heterocycles. The molecule has 3 aliphatic rings. The average molecular weight is 1190 g/mol. The zero-order valence-corrected chi connectivity index (χ0v) is 53.0. The van der Waals surface area contributed by atoms with Gasteiger partial charge in [-0.05, 0) is 140 Å². The molecule has 0 saturated carbocycles. The van der Waals surface area contributed by atoms with E-state index in [4.69, 9.17) is 47.4 Å². The van der Waals surface area contributed by atoms with Crippen LogP contribution in [0.5, 0.6) is 0 Å². The molecule has 0 aliphatic carbocycles. The third-order valence-electron chi connectivity index (χ3n) is 17.5. The number of rotatable bonds is 20. The summed E-state index contributed by atoms with van der Waals surface area (Å²) < 4.78 is 63.4. The van der Waals surface area contributed by atoms with Gasteiger partial charge < -0.3 is 77.5 Å². The van der Waals surface area contributed by atoms with Crippen LogP contribution < -0.4 is 10.7 Å². The highest BCUT2D eigenvalue weighted by molar-refractivity contribution is 5.94. The monoisotopic (exact) mass is 1190 g/mol. The summed E-state index contributed by atoms with van der Waals surface area (Å²) in [5.41, 5.74) is -4.49. The number of nitrogens with zero attached hydrogens (tertiary/aromatic N) is 2. The number of methoxy groups -OCH3 is 2. The summed E-state index contributed by atoms with van der Waals surface area (Å²) in [5.74, 6) is -6.83. The van der Waals surface area contributed by atoms with Crippen molar-refractivity contribution in [2.24, 2.45) is 29.1 Å². The van der Waals surface area contributed by atoms with Crippen molar-refractivity contribution in [3.05, 3.63) is 45.7 Å². The summed E-state index contributed by atoms with van der Waals surface area (Å²) in [5, 5.41) is 39.0. The van der Waals surface area contributed by atoms with E-state index >= 15 is 0 Å². The molecule has 3 aliphatic heterocycles. The van der Waals surface area contributed by atoms with E-state index in [1.165, 1.54) is 34.3 Å². The van der Waals surface area contributed by atoms with Crippen LogP contribution in [0.2, 0.25) is 0 Å². The number of ketones is 1. The zero-order valence-electron chi connectivity index (χ0n) is 53.0. The lowest BCUT2D eigenvalue weighted by Crippen LogP contribution is -2.61. The van der Waals surface area contributed by atoms with Gasteiger partial charge in [0.25, 0.3) is 0 Å². The number of pyridine rings is 1. The molecular weight excluding hydrogens is 1090 g/mol. The number of hydrogen-bond acceptors (Lipinski definition) is 21. The number of hydrogen-bond donors (Lipinski definition) is 4. The van der Waals surface area contributed by atoms with Gasteiger partial charge in [0.2, 0.25) is 12.2 Å². The number of carbonyl (C=O) groups excluding carboxylic acids is 5. The quantitative estimate of drug-likeness (QED) is 0.0540. The Morgan fingerprint density at radius 2 is 1.52 bits per heavy atom. The van der Waals surface area contributed by atoms with E-state index in [-0.39, 0.29) is 49.2 Å². The number of nitrogens with one attached hydrogen (secondary N) is 1. The molecule has 0 bridgehead atoms. The summed E-state index contributed by atoms with van der Waals surface area (Å²) in [6, 6.07) is 5.19. The molecule has 22 nitrogen and oxygen atoms in total. The Morgan fingerprint density at radius 1 is 0.869 bits per heavy atom. The maximum absolute atomic E-state index is 14.6. The van der Waals surface area contributed by atoms with Crippen molar-refractivity contribution in [2.45, 2.75) is 233 Å². The second-order valence-electron chi connectivity index (χ2n) is 25.4. The smallest absolute Gasteiger partial charge is 0.346 e. The van der Waals surface area contributed by atoms with E-state index in [0.717, 1.165) is 5.56 Å². The van der Waals surface area contributed by atoms with Crippen LogP contribution in [0.4, 0.5) is 0 Å². The van der Waals surface area contributed by atoms with Crippen LogP contribution in [-0.2, 0) is 79.5 Å². The van der Waals surface area contributed by atoms with Gasteiger partial charge >= 0.3 is 23.9 Å². The van der Waals surface area contributed by atoms with Gasteiger partial charge in [-0.3, -0.25) is 24.0 Å². The molecule has 4 N–H and O–H groups in total. The SMILES string of the molecule is CC[C@@H]1OC(=O)[C@H](C)[C@H](O[C@@H]2C[C@](C)(OC)[C@H](OC(=O)CCNCCCc3ccc4c(c3)c(=O)c(C(=O)OCOC(=O)C(C)(C)C)cn4CC)[C@H](C)O2)[C@@H](C)[C@H](O[C@@H]2O[C@H](C)C[C@H](N(C)C)[C@@H]2O)[C@](C)(OC)C[C@H](C)C(=O)[C@H](C)[C@@H](O)[C@]1(C)O. The van der Waals surface area contributed by atoms with Crippen molar-refractivity contribution < 1.29 is 86.7 Å². The lowest BCUT2D eigenvalue weighted by molar-refractivity contribution is -0.320. The summed E-state index contributed by atoms with van der Waals surface area (Å²) in [6.45, 7) is 24.6. The Labute approximate surface area is 496 Å². The minimum absolute atomic E-state index is 0.0158. The van der Waals surface area contributed by atoms with Crippen molar-refractivity contribution in [1.29, 1.82) is 0 Å².